The van der Waals surface area contributed by atoms with Gasteiger partial charge in [0, 0.05) is 45.5 Å². The molecular formula is C24H25F2N9O. The molecular weight excluding hydrogens is 468 g/mol. The predicted octanol–water partition coefficient (Wildman–Crippen LogP) is 3.15. The Hall–Kier alpha value is -4.19. The van der Waals surface area contributed by atoms with Crippen molar-refractivity contribution in [2.75, 3.05) is 30.8 Å². The molecule has 1 fully saturated rings. The Kier molecular flexibility index (Phi) is 5.96. The monoisotopic (exact) mass is 493 g/mol. The van der Waals surface area contributed by atoms with E-state index < -0.39 is 11.8 Å². The zero-order valence-corrected chi connectivity index (χ0v) is 19.8. The van der Waals surface area contributed by atoms with Crippen molar-refractivity contribution in [1.29, 1.82) is 0 Å². The first kappa shape index (κ1) is 23.5. The minimum atomic E-state index is -2.62. The van der Waals surface area contributed by atoms with Gasteiger partial charge in [0.1, 0.15) is 11.2 Å². The number of imidazole rings is 1. The van der Waals surface area contributed by atoms with E-state index in [1.54, 1.807) is 42.8 Å². The second kappa shape index (κ2) is 9.11. The molecule has 1 amide bonds. The number of likely N-dealkylation sites (tertiary alicyclic amines) is 1. The minimum Gasteiger partial charge on any atom is -0.371 e. The van der Waals surface area contributed by atoms with E-state index in [1.807, 2.05) is 23.7 Å². The van der Waals surface area contributed by atoms with Gasteiger partial charge in [-0.25, -0.2) is 23.7 Å². The fraction of sp³-hybridized carbons (Fsp3) is 0.292. The van der Waals surface area contributed by atoms with Crippen LogP contribution in [0.1, 0.15) is 22.5 Å². The van der Waals surface area contributed by atoms with Crippen molar-refractivity contribution in [3.8, 4) is 11.3 Å². The SMILES string of the molecule is CNc1nc(Nc2ccc(CN3CCC(F)(F)C3)cc2)c(C(N)=O)nc1-c1cncc2c1ncn2C. The maximum atomic E-state index is 13.5. The third-order valence-electron chi connectivity index (χ3n) is 6.13. The van der Waals surface area contributed by atoms with Gasteiger partial charge in [-0.2, -0.15) is 0 Å². The van der Waals surface area contributed by atoms with Gasteiger partial charge in [0.15, 0.2) is 17.3 Å². The Labute approximate surface area is 205 Å². The van der Waals surface area contributed by atoms with Crippen LogP contribution in [0.25, 0.3) is 22.3 Å². The van der Waals surface area contributed by atoms with E-state index in [2.05, 4.69) is 30.6 Å². The normalized spacial score (nSPS) is 15.3. The first-order valence-corrected chi connectivity index (χ1v) is 11.4. The molecule has 12 heteroatoms. The Bertz CT molecular complexity index is 1440. The summed E-state index contributed by atoms with van der Waals surface area (Å²) >= 11 is 0. The van der Waals surface area contributed by atoms with Crippen LogP contribution >= 0.6 is 0 Å². The molecule has 1 aliphatic heterocycles. The minimum absolute atomic E-state index is 0.0414. The summed E-state index contributed by atoms with van der Waals surface area (Å²) in [4.78, 5) is 31.9. The highest BCUT2D eigenvalue weighted by atomic mass is 19.3. The number of carbonyl (C=O) groups excluding carboxylic acids is 1. The average Bonchev–Trinajstić information content (AvgIpc) is 3.41. The summed E-state index contributed by atoms with van der Waals surface area (Å²) < 4.78 is 28.8. The van der Waals surface area contributed by atoms with Crippen LogP contribution in [0.5, 0.6) is 0 Å². The van der Waals surface area contributed by atoms with E-state index in [1.165, 1.54) is 0 Å². The van der Waals surface area contributed by atoms with Gasteiger partial charge in [-0.05, 0) is 17.7 Å². The molecule has 4 heterocycles. The molecule has 1 saturated heterocycles. The molecule has 0 radical (unpaired) electrons. The van der Waals surface area contributed by atoms with Crippen LogP contribution in [0.3, 0.4) is 0 Å². The van der Waals surface area contributed by atoms with Gasteiger partial charge in [0.2, 0.25) is 0 Å². The van der Waals surface area contributed by atoms with Crippen LogP contribution in [0, 0.1) is 0 Å². The zero-order valence-electron chi connectivity index (χ0n) is 19.8. The fourth-order valence-electron chi connectivity index (χ4n) is 4.30. The van der Waals surface area contributed by atoms with Crippen LogP contribution in [-0.2, 0) is 13.6 Å². The van der Waals surface area contributed by atoms with Crippen LogP contribution in [-0.4, -0.2) is 61.4 Å². The molecule has 3 aromatic heterocycles. The lowest BCUT2D eigenvalue weighted by Gasteiger charge is -2.16. The standard InChI is InChI=1S/C24H25F2N9O/c1-28-22-19(16-9-29-10-17-18(16)30-13-34(17)2)32-20(21(27)36)23(33-22)31-15-5-3-14(4-6-15)11-35-8-7-24(25,26)12-35/h3-6,9-10,13H,7-8,11-12H2,1-2H3,(H2,27,36)(H2,28,31,33). The lowest BCUT2D eigenvalue weighted by Crippen LogP contribution is -2.24. The van der Waals surface area contributed by atoms with Crippen LogP contribution in [0.4, 0.5) is 26.1 Å². The van der Waals surface area contributed by atoms with Gasteiger partial charge in [-0.15, -0.1) is 0 Å². The number of hydrogen-bond donors (Lipinski definition) is 3. The summed E-state index contributed by atoms with van der Waals surface area (Å²) in [7, 11) is 3.56. The van der Waals surface area contributed by atoms with Gasteiger partial charge < -0.3 is 20.9 Å². The summed E-state index contributed by atoms with van der Waals surface area (Å²) in [5, 5.41) is 6.12. The van der Waals surface area contributed by atoms with Crippen molar-refractivity contribution < 1.29 is 13.6 Å². The number of carbonyl (C=O) groups is 1. The Morgan fingerprint density at radius 3 is 2.61 bits per heavy atom. The number of amides is 1. The third-order valence-corrected chi connectivity index (χ3v) is 6.13. The zero-order chi connectivity index (χ0) is 25.4. The summed E-state index contributed by atoms with van der Waals surface area (Å²) in [6, 6.07) is 7.27. The predicted molar refractivity (Wildman–Crippen MR) is 132 cm³/mol. The smallest absolute Gasteiger partial charge is 0.271 e. The Morgan fingerprint density at radius 2 is 1.94 bits per heavy atom. The summed E-state index contributed by atoms with van der Waals surface area (Å²) in [6.45, 7) is 0.574. The molecule has 0 bridgehead atoms. The van der Waals surface area contributed by atoms with E-state index in [4.69, 9.17) is 5.73 Å². The molecule has 1 aliphatic rings. The van der Waals surface area contributed by atoms with E-state index in [0.717, 1.165) is 11.1 Å². The molecule has 0 spiro atoms. The topological polar surface area (TPSA) is 127 Å². The number of aryl methyl sites for hydroxylation is 1. The quantitative estimate of drug-likeness (QED) is 0.358. The molecule has 1 aromatic carbocycles. The Balaban J connectivity index is 1.44. The number of benzene rings is 1. The fourth-order valence-corrected chi connectivity index (χ4v) is 4.30. The number of anilines is 3. The number of hydrogen-bond acceptors (Lipinski definition) is 8. The maximum absolute atomic E-state index is 13.5. The molecule has 0 atom stereocenters. The number of primary amides is 1. The number of nitrogens with two attached hydrogens (primary N) is 1. The molecule has 36 heavy (non-hydrogen) atoms. The largest absolute Gasteiger partial charge is 0.371 e. The number of halogens is 2. The van der Waals surface area contributed by atoms with Crippen molar-refractivity contribution in [3.63, 3.8) is 0 Å². The summed E-state index contributed by atoms with van der Waals surface area (Å²) in [5.41, 5.74) is 9.64. The van der Waals surface area contributed by atoms with E-state index >= 15 is 0 Å². The van der Waals surface area contributed by atoms with Crippen molar-refractivity contribution in [1.82, 2.24) is 29.4 Å². The second-order valence-corrected chi connectivity index (χ2v) is 8.78. The van der Waals surface area contributed by atoms with Crippen LogP contribution in [0.15, 0.2) is 43.0 Å². The third kappa shape index (κ3) is 4.54. The first-order valence-electron chi connectivity index (χ1n) is 11.4. The number of pyridine rings is 1. The van der Waals surface area contributed by atoms with Gasteiger partial charge >= 0.3 is 0 Å². The summed E-state index contributed by atoms with van der Waals surface area (Å²) in [6.07, 6.45) is 4.87. The highest BCUT2D eigenvalue weighted by Gasteiger charge is 2.37. The molecule has 0 unspecified atom stereocenters. The number of nitrogens with one attached hydrogen (secondary N) is 2. The second-order valence-electron chi connectivity index (χ2n) is 8.78. The molecule has 5 rings (SSSR count). The molecule has 0 saturated carbocycles. The molecule has 10 nitrogen and oxygen atoms in total. The molecule has 186 valence electrons. The number of fused-ring (bicyclic) bond motifs is 1. The number of rotatable bonds is 7. The lowest BCUT2D eigenvalue weighted by atomic mass is 10.1. The van der Waals surface area contributed by atoms with E-state index in [0.29, 0.717) is 41.4 Å². The van der Waals surface area contributed by atoms with Gasteiger partial charge in [0.25, 0.3) is 11.8 Å². The van der Waals surface area contributed by atoms with Crippen molar-refractivity contribution in [3.05, 3.63) is 54.2 Å². The highest BCUT2D eigenvalue weighted by Crippen LogP contribution is 2.32. The number of aromatic nitrogens is 5. The first-order chi connectivity index (χ1) is 17.2. The molecule has 4 N–H and O–H groups in total. The number of nitrogens with zero attached hydrogens (tertiary/aromatic N) is 6. The van der Waals surface area contributed by atoms with Gasteiger partial charge in [-0.1, -0.05) is 12.1 Å². The molecule has 4 aromatic rings. The maximum Gasteiger partial charge on any atom is 0.271 e. The van der Waals surface area contributed by atoms with Gasteiger partial charge in [0.05, 0.1) is 30.1 Å². The highest BCUT2D eigenvalue weighted by molar-refractivity contribution is 5.99. The van der Waals surface area contributed by atoms with E-state index in [9.17, 15) is 13.6 Å². The van der Waals surface area contributed by atoms with Crippen LogP contribution < -0.4 is 16.4 Å². The van der Waals surface area contributed by atoms with Gasteiger partial charge in [-0.3, -0.25) is 14.7 Å². The summed E-state index contributed by atoms with van der Waals surface area (Å²) in [5.74, 6) is -2.78. The van der Waals surface area contributed by atoms with Crippen molar-refractivity contribution in [2.45, 2.75) is 18.9 Å². The van der Waals surface area contributed by atoms with E-state index in [-0.39, 0.29) is 24.5 Å². The molecule has 0 aliphatic carbocycles. The average molecular weight is 494 g/mol. The number of alkyl halides is 2. The lowest BCUT2D eigenvalue weighted by molar-refractivity contribution is 0.0115. The van der Waals surface area contributed by atoms with Crippen molar-refractivity contribution in [2.24, 2.45) is 12.8 Å². The van der Waals surface area contributed by atoms with Crippen LogP contribution in [0.2, 0.25) is 0 Å². The Morgan fingerprint density at radius 1 is 1.17 bits per heavy atom. The van der Waals surface area contributed by atoms with Crippen molar-refractivity contribution >= 4 is 34.3 Å².